The van der Waals surface area contributed by atoms with E-state index in [4.69, 9.17) is 9.05 Å². The molecule has 69 heavy (non-hydrogen) atoms. The molecule has 0 radical (unpaired) electrons. The van der Waals surface area contributed by atoms with Gasteiger partial charge in [-0.2, -0.15) is 0 Å². The number of aliphatic hydroxyl groups excluding tert-OH is 1. The molecule has 2 N–H and O–H groups in total. The van der Waals surface area contributed by atoms with Crippen LogP contribution in [-0.4, -0.2) is 68.5 Å². The SMILES string of the molecule is CCCCCCCCCCCCCCCCCCC/C=C/CC/C=C/C(O)C(COP(=O)([O-])OCC[N+](C)(C)C)NC(=O)CCCCCCCCCCCCCCCCCCCCCCCCCC. The fraction of sp³-hybridized carbons (Fsp3) is 0.917. The summed E-state index contributed by atoms with van der Waals surface area (Å²) in [5.74, 6) is -0.200. The normalized spacial score (nSPS) is 14.0. The third-order valence-corrected chi connectivity index (χ3v) is 14.9. The quantitative estimate of drug-likeness (QED) is 0.0272. The van der Waals surface area contributed by atoms with Crippen LogP contribution in [-0.2, 0) is 18.4 Å². The van der Waals surface area contributed by atoms with Crippen molar-refractivity contribution in [2.45, 2.75) is 315 Å². The summed E-state index contributed by atoms with van der Waals surface area (Å²) >= 11 is 0. The summed E-state index contributed by atoms with van der Waals surface area (Å²) in [4.78, 5) is 25.5. The number of carbonyl (C=O) groups is 1. The topological polar surface area (TPSA) is 108 Å². The van der Waals surface area contributed by atoms with Gasteiger partial charge in [0.25, 0.3) is 7.82 Å². The van der Waals surface area contributed by atoms with Gasteiger partial charge in [-0.15, -0.1) is 0 Å². The monoisotopic (exact) mass is 995 g/mol. The second-order valence-corrected chi connectivity index (χ2v) is 23.5. The standard InChI is InChI=1S/C60H119N2O6P/c1-6-8-10-12-14-16-18-20-22-24-26-28-30-32-34-36-38-40-42-44-46-48-50-52-54-60(64)61-58(57-68-69(65,66)67-56-55-62(3,4)5)59(63)53-51-49-47-45-43-41-39-37-35-33-31-29-27-25-23-21-19-17-15-13-11-9-7-2/h43,45,51,53,58-59,63H,6-42,44,46-50,52,54-57H2,1-5H3,(H-,61,64,65,66)/b45-43+,53-51+. The highest BCUT2D eigenvalue weighted by Gasteiger charge is 2.23. The van der Waals surface area contributed by atoms with Crippen molar-refractivity contribution in [3.63, 3.8) is 0 Å². The maximum atomic E-state index is 13.0. The average molecular weight is 996 g/mol. The van der Waals surface area contributed by atoms with E-state index in [1.54, 1.807) is 6.08 Å². The van der Waals surface area contributed by atoms with E-state index < -0.39 is 20.0 Å². The number of hydrogen-bond donors (Lipinski definition) is 2. The smallest absolute Gasteiger partial charge is 0.268 e. The van der Waals surface area contributed by atoms with Crippen molar-refractivity contribution < 1.29 is 32.9 Å². The van der Waals surface area contributed by atoms with Crippen LogP contribution in [0.4, 0.5) is 0 Å². The molecule has 0 aliphatic carbocycles. The number of nitrogens with zero attached hydrogens (tertiary/aromatic N) is 1. The minimum Gasteiger partial charge on any atom is -0.756 e. The van der Waals surface area contributed by atoms with Gasteiger partial charge in [-0.05, 0) is 32.1 Å². The molecule has 0 bridgehead atoms. The average Bonchev–Trinajstić information content (AvgIpc) is 3.31. The zero-order valence-corrected chi connectivity index (χ0v) is 47.7. The van der Waals surface area contributed by atoms with Crippen LogP contribution < -0.4 is 10.2 Å². The second kappa shape index (κ2) is 51.9. The highest BCUT2D eigenvalue weighted by molar-refractivity contribution is 7.45. The van der Waals surface area contributed by atoms with Gasteiger partial charge in [-0.3, -0.25) is 9.36 Å². The van der Waals surface area contributed by atoms with E-state index >= 15 is 0 Å². The van der Waals surface area contributed by atoms with Crippen molar-refractivity contribution in [2.75, 3.05) is 40.9 Å². The first kappa shape index (κ1) is 68.0. The molecule has 3 unspecified atom stereocenters. The Balaban J connectivity index is 4.19. The van der Waals surface area contributed by atoms with Gasteiger partial charge in [0.1, 0.15) is 13.2 Å². The lowest BCUT2D eigenvalue weighted by atomic mass is 10.0. The van der Waals surface area contributed by atoms with Gasteiger partial charge in [0.05, 0.1) is 39.9 Å². The fourth-order valence-electron chi connectivity index (χ4n) is 9.17. The summed E-state index contributed by atoms with van der Waals surface area (Å²) in [6.45, 7) is 4.68. The first-order valence-corrected chi connectivity index (χ1v) is 31.7. The molecule has 9 heteroatoms. The fourth-order valence-corrected chi connectivity index (χ4v) is 9.90. The number of aliphatic hydroxyl groups is 1. The molecule has 0 rings (SSSR count). The van der Waals surface area contributed by atoms with Gasteiger partial charge in [0.15, 0.2) is 0 Å². The predicted molar refractivity (Wildman–Crippen MR) is 298 cm³/mol. The number of rotatable bonds is 56. The number of likely N-dealkylation sites (N-methyl/N-ethyl adjacent to an activating group) is 1. The molecule has 8 nitrogen and oxygen atoms in total. The Hall–Kier alpha value is -1.02. The molecular formula is C60H119N2O6P. The van der Waals surface area contributed by atoms with Crippen molar-refractivity contribution in [1.29, 1.82) is 0 Å². The Kier molecular flexibility index (Phi) is 51.1. The zero-order chi connectivity index (χ0) is 50.6. The van der Waals surface area contributed by atoms with Gasteiger partial charge in [-0.1, -0.05) is 289 Å². The summed E-state index contributed by atoms with van der Waals surface area (Å²) in [6.07, 6.45) is 65.5. The molecular weight excluding hydrogens is 876 g/mol. The predicted octanol–water partition coefficient (Wildman–Crippen LogP) is 17.7. The van der Waals surface area contributed by atoms with Crippen LogP contribution in [0, 0.1) is 0 Å². The number of amides is 1. The maximum absolute atomic E-state index is 13.0. The van der Waals surface area contributed by atoms with Crippen molar-refractivity contribution in [1.82, 2.24) is 5.32 Å². The molecule has 0 spiro atoms. The van der Waals surface area contributed by atoms with E-state index in [-0.39, 0.29) is 19.1 Å². The van der Waals surface area contributed by atoms with Crippen molar-refractivity contribution in [3.8, 4) is 0 Å². The lowest BCUT2D eigenvalue weighted by Crippen LogP contribution is -2.45. The molecule has 0 aromatic heterocycles. The van der Waals surface area contributed by atoms with Gasteiger partial charge in [-0.25, -0.2) is 0 Å². The third kappa shape index (κ3) is 54.6. The van der Waals surface area contributed by atoms with E-state index in [2.05, 4.69) is 31.3 Å². The number of phosphoric ester groups is 1. The Morgan fingerprint density at radius 3 is 1.17 bits per heavy atom. The van der Waals surface area contributed by atoms with Crippen molar-refractivity contribution in [2.24, 2.45) is 0 Å². The molecule has 1 amide bonds. The van der Waals surface area contributed by atoms with Crippen LogP contribution in [0.1, 0.15) is 303 Å². The van der Waals surface area contributed by atoms with Gasteiger partial charge >= 0.3 is 0 Å². The van der Waals surface area contributed by atoms with Gasteiger partial charge < -0.3 is 28.8 Å². The van der Waals surface area contributed by atoms with Crippen LogP contribution in [0.15, 0.2) is 24.3 Å². The van der Waals surface area contributed by atoms with E-state index in [1.165, 1.54) is 244 Å². The lowest BCUT2D eigenvalue weighted by molar-refractivity contribution is -0.870. The Labute approximate surface area is 430 Å². The number of carbonyl (C=O) groups excluding carboxylic acids is 1. The molecule has 0 saturated heterocycles. The summed E-state index contributed by atoms with van der Waals surface area (Å²) in [6, 6.07) is -0.900. The Morgan fingerprint density at radius 1 is 0.493 bits per heavy atom. The Morgan fingerprint density at radius 2 is 0.812 bits per heavy atom. The maximum Gasteiger partial charge on any atom is 0.268 e. The molecule has 0 aliphatic rings. The van der Waals surface area contributed by atoms with Crippen LogP contribution in [0.5, 0.6) is 0 Å². The first-order valence-electron chi connectivity index (χ1n) is 30.2. The molecule has 410 valence electrons. The summed E-state index contributed by atoms with van der Waals surface area (Å²) in [7, 11) is 1.26. The molecule has 3 atom stereocenters. The first-order chi connectivity index (χ1) is 33.5. The van der Waals surface area contributed by atoms with E-state index in [0.29, 0.717) is 17.4 Å². The summed E-state index contributed by atoms with van der Waals surface area (Å²) < 4.78 is 23.4. The zero-order valence-electron chi connectivity index (χ0n) is 46.8. The number of nitrogens with one attached hydrogen (secondary N) is 1. The lowest BCUT2D eigenvalue weighted by Gasteiger charge is -2.29. The number of phosphoric acid groups is 1. The molecule has 0 aromatic rings. The molecule has 0 fully saturated rings. The number of hydrogen-bond acceptors (Lipinski definition) is 6. The summed E-state index contributed by atoms with van der Waals surface area (Å²) in [5.41, 5.74) is 0. The number of unbranched alkanes of at least 4 members (excludes halogenated alkanes) is 41. The van der Waals surface area contributed by atoms with E-state index in [1.807, 2.05) is 27.2 Å². The largest absolute Gasteiger partial charge is 0.756 e. The summed E-state index contributed by atoms with van der Waals surface area (Å²) in [5, 5.41) is 13.9. The van der Waals surface area contributed by atoms with Crippen LogP contribution in [0.2, 0.25) is 0 Å². The van der Waals surface area contributed by atoms with Crippen molar-refractivity contribution >= 4 is 13.7 Å². The van der Waals surface area contributed by atoms with E-state index in [0.717, 1.165) is 38.5 Å². The van der Waals surface area contributed by atoms with E-state index in [9.17, 15) is 19.4 Å². The highest BCUT2D eigenvalue weighted by atomic mass is 31.2. The Bertz CT molecular complexity index is 1170. The molecule has 0 aromatic carbocycles. The minimum atomic E-state index is -4.60. The molecule has 0 saturated carbocycles. The van der Waals surface area contributed by atoms with Crippen LogP contribution in [0.3, 0.4) is 0 Å². The molecule has 0 heterocycles. The number of allylic oxidation sites excluding steroid dienone is 3. The minimum absolute atomic E-state index is 0.00362. The highest BCUT2D eigenvalue weighted by Crippen LogP contribution is 2.38. The van der Waals surface area contributed by atoms with Crippen LogP contribution >= 0.6 is 7.82 Å². The van der Waals surface area contributed by atoms with Gasteiger partial charge in [0.2, 0.25) is 5.91 Å². The third-order valence-electron chi connectivity index (χ3n) is 13.9. The molecule has 0 aliphatic heterocycles. The van der Waals surface area contributed by atoms with Crippen molar-refractivity contribution in [3.05, 3.63) is 24.3 Å². The van der Waals surface area contributed by atoms with Crippen LogP contribution in [0.25, 0.3) is 0 Å². The van der Waals surface area contributed by atoms with Gasteiger partial charge in [0, 0.05) is 6.42 Å². The second-order valence-electron chi connectivity index (χ2n) is 22.1. The number of quaternary nitrogens is 1.